The molecule has 0 aliphatic carbocycles. The Bertz CT molecular complexity index is 455. The molecule has 0 amide bonds. The number of benzene rings is 1. The minimum atomic E-state index is -0.0878. The number of hydrogen-bond donors (Lipinski definition) is 0. The monoisotopic (exact) mass is 275 g/mol. The maximum atomic E-state index is 12.3. The highest BCUT2D eigenvalue weighted by Gasteiger charge is 2.38. The predicted molar refractivity (Wildman–Crippen MR) is 80.8 cm³/mol. The van der Waals surface area contributed by atoms with Crippen LogP contribution in [-0.2, 0) is 9.53 Å². The lowest BCUT2D eigenvalue weighted by Crippen LogP contribution is -2.40. The van der Waals surface area contributed by atoms with E-state index in [-0.39, 0.29) is 17.8 Å². The summed E-state index contributed by atoms with van der Waals surface area (Å²) in [5.41, 5.74) is 2.46. The molecule has 0 N–H and O–H groups in total. The van der Waals surface area contributed by atoms with E-state index in [1.807, 2.05) is 0 Å². The zero-order valence-electron chi connectivity index (χ0n) is 12.9. The lowest BCUT2D eigenvalue weighted by atomic mass is 9.81. The molecule has 3 nitrogen and oxygen atoms in total. The van der Waals surface area contributed by atoms with E-state index >= 15 is 0 Å². The van der Waals surface area contributed by atoms with Crippen molar-refractivity contribution in [3.63, 3.8) is 0 Å². The molecule has 0 aromatic heterocycles. The van der Waals surface area contributed by atoms with Gasteiger partial charge in [-0.05, 0) is 44.8 Å². The van der Waals surface area contributed by atoms with Gasteiger partial charge in [-0.1, -0.05) is 36.8 Å². The van der Waals surface area contributed by atoms with Gasteiger partial charge in [0, 0.05) is 6.04 Å². The second-order valence-corrected chi connectivity index (χ2v) is 5.94. The first-order chi connectivity index (χ1) is 9.54. The Labute approximate surface area is 121 Å². The van der Waals surface area contributed by atoms with E-state index in [1.165, 1.54) is 18.2 Å². The molecule has 1 aliphatic rings. The van der Waals surface area contributed by atoms with Gasteiger partial charge in [0.25, 0.3) is 0 Å². The molecule has 110 valence electrons. The zero-order chi connectivity index (χ0) is 14.7. The molecule has 0 saturated carbocycles. The summed E-state index contributed by atoms with van der Waals surface area (Å²) in [4.78, 5) is 14.6. The Morgan fingerprint density at radius 3 is 2.50 bits per heavy atom. The van der Waals surface area contributed by atoms with Gasteiger partial charge in [-0.2, -0.15) is 0 Å². The van der Waals surface area contributed by atoms with Gasteiger partial charge in [0.15, 0.2) is 0 Å². The van der Waals surface area contributed by atoms with Crippen molar-refractivity contribution in [2.75, 3.05) is 20.7 Å². The summed E-state index contributed by atoms with van der Waals surface area (Å²) in [6.07, 6.45) is 2.24. The molecule has 1 fully saturated rings. The number of rotatable bonds is 4. The van der Waals surface area contributed by atoms with E-state index in [0.29, 0.717) is 6.04 Å². The molecule has 0 spiro atoms. The molecule has 3 atom stereocenters. The molecule has 1 heterocycles. The molecule has 1 aliphatic heterocycles. The van der Waals surface area contributed by atoms with Crippen molar-refractivity contribution < 1.29 is 9.53 Å². The molecule has 0 radical (unpaired) electrons. The van der Waals surface area contributed by atoms with Crippen LogP contribution in [0.25, 0.3) is 0 Å². The van der Waals surface area contributed by atoms with Crippen LogP contribution in [0.15, 0.2) is 24.3 Å². The number of esters is 1. The fourth-order valence-electron chi connectivity index (χ4n) is 3.30. The fraction of sp³-hybridized carbons (Fsp3) is 0.588. The van der Waals surface area contributed by atoms with Crippen LogP contribution in [0.3, 0.4) is 0 Å². The third-order valence-corrected chi connectivity index (χ3v) is 4.61. The summed E-state index contributed by atoms with van der Waals surface area (Å²) in [7, 11) is 3.60. The van der Waals surface area contributed by atoms with E-state index in [2.05, 4.69) is 50.1 Å². The fourth-order valence-corrected chi connectivity index (χ4v) is 3.30. The summed E-state index contributed by atoms with van der Waals surface area (Å²) in [6.45, 7) is 5.29. The molecule has 2 rings (SSSR count). The number of carbonyl (C=O) groups excluding carboxylic acids is 1. The molecule has 1 aromatic carbocycles. The Kier molecular flexibility index (Phi) is 4.81. The van der Waals surface area contributed by atoms with E-state index in [4.69, 9.17) is 4.74 Å². The van der Waals surface area contributed by atoms with E-state index in [0.717, 1.165) is 19.4 Å². The number of nitrogens with zero attached hydrogens (tertiary/aromatic N) is 1. The first-order valence-corrected chi connectivity index (χ1v) is 7.39. The first kappa shape index (κ1) is 15.0. The van der Waals surface area contributed by atoms with Crippen molar-refractivity contribution in [3.05, 3.63) is 35.4 Å². The van der Waals surface area contributed by atoms with Crippen LogP contribution in [0.2, 0.25) is 0 Å². The summed E-state index contributed by atoms with van der Waals surface area (Å²) >= 11 is 0. The Hall–Kier alpha value is -1.35. The molecule has 3 heteroatoms. The largest absolute Gasteiger partial charge is 0.469 e. The zero-order valence-corrected chi connectivity index (χ0v) is 12.9. The van der Waals surface area contributed by atoms with Crippen LogP contribution in [0.5, 0.6) is 0 Å². The highest BCUT2D eigenvalue weighted by atomic mass is 16.5. The molecular formula is C17H25NO2. The van der Waals surface area contributed by atoms with Gasteiger partial charge in [0.1, 0.15) is 0 Å². The third-order valence-electron chi connectivity index (χ3n) is 4.61. The van der Waals surface area contributed by atoms with Gasteiger partial charge in [0.2, 0.25) is 0 Å². The van der Waals surface area contributed by atoms with E-state index in [9.17, 15) is 4.79 Å². The quantitative estimate of drug-likeness (QED) is 0.791. The van der Waals surface area contributed by atoms with Crippen molar-refractivity contribution in [2.24, 2.45) is 5.92 Å². The number of ether oxygens (including phenoxy) is 1. The topological polar surface area (TPSA) is 29.5 Å². The van der Waals surface area contributed by atoms with Crippen LogP contribution in [0.1, 0.15) is 36.8 Å². The summed E-state index contributed by atoms with van der Waals surface area (Å²) in [6, 6.07) is 8.77. The standard InChI is InChI=1S/C17H25NO2/c1-12-7-9-14(10-8-12)13(2)16(17(19)20-4)15-6-5-11-18(15)3/h7-10,13,15-16H,5-6,11H2,1-4H3. The average molecular weight is 275 g/mol. The molecule has 20 heavy (non-hydrogen) atoms. The predicted octanol–water partition coefficient (Wildman–Crippen LogP) is 2.98. The normalized spacial score (nSPS) is 22.5. The van der Waals surface area contributed by atoms with E-state index < -0.39 is 0 Å². The Morgan fingerprint density at radius 2 is 2.00 bits per heavy atom. The highest BCUT2D eigenvalue weighted by molar-refractivity contribution is 5.74. The second kappa shape index (κ2) is 6.40. The Balaban J connectivity index is 2.26. The number of aryl methyl sites for hydroxylation is 1. The molecular weight excluding hydrogens is 250 g/mol. The van der Waals surface area contributed by atoms with Crippen LogP contribution in [-0.4, -0.2) is 37.6 Å². The van der Waals surface area contributed by atoms with Gasteiger partial charge in [-0.15, -0.1) is 0 Å². The maximum absolute atomic E-state index is 12.3. The van der Waals surface area contributed by atoms with E-state index in [1.54, 1.807) is 0 Å². The highest BCUT2D eigenvalue weighted by Crippen LogP contribution is 2.34. The van der Waals surface area contributed by atoms with Crippen LogP contribution >= 0.6 is 0 Å². The van der Waals surface area contributed by atoms with Gasteiger partial charge < -0.3 is 9.64 Å². The summed E-state index contributed by atoms with van der Waals surface area (Å²) < 4.78 is 5.07. The van der Waals surface area contributed by atoms with Gasteiger partial charge in [-0.3, -0.25) is 4.79 Å². The van der Waals surface area contributed by atoms with Crippen LogP contribution < -0.4 is 0 Å². The smallest absolute Gasteiger partial charge is 0.310 e. The number of carbonyl (C=O) groups is 1. The minimum absolute atomic E-state index is 0.0863. The van der Waals surface area contributed by atoms with Crippen LogP contribution in [0, 0.1) is 12.8 Å². The van der Waals surface area contributed by atoms with Gasteiger partial charge >= 0.3 is 5.97 Å². The van der Waals surface area contributed by atoms with Gasteiger partial charge in [-0.25, -0.2) is 0 Å². The number of likely N-dealkylation sites (tertiary alicyclic amines) is 1. The van der Waals surface area contributed by atoms with Crippen molar-refractivity contribution in [1.82, 2.24) is 4.90 Å². The molecule has 0 bridgehead atoms. The molecule has 3 unspecified atom stereocenters. The molecule has 1 saturated heterocycles. The molecule has 1 aromatic rings. The second-order valence-electron chi connectivity index (χ2n) is 5.94. The first-order valence-electron chi connectivity index (χ1n) is 7.39. The summed E-state index contributed by atoms with van der Waals surface area (Å²) in [5.74, 6) is 0.000584. The SMILES string of the molecule is COC(=O)C(C(C)c1ccc(C)cc1)C1CCCN1C. The third kappa shape index (κ3) is 3.04. The van der Waals surface area contributed by atoms with Gasteiger partial charge in [0.05, 0.1) is 13.0 Å². The van der Waals surface area contributed by atoms with Crippen molar-refractivity contribution in [2.45, 2.75) is 38.6 Å². The number of methoxy groups -OCH3 is 1. The van der Waals surface area contributed by atoms with Crippen molar-refractivity contribution in [1.29, 1.82) is 0 Å². The maximum Gasteiger partial charge on any atom is 0.310 e. The Morgan fingerprint density at radius 1 is 1.35 bits per heavy atom. The minimum Gasteiger partial charge on any atom is -0.469 e. The average Bonchev–Trinajstić information content (AvgIpc) is 2.85. The summed E-state index contributed by atoms with van der Waals surface area (Å²) in [5, 5.41) is 0. The lowest BCUT2D eigenvalue weighted by Gasteiger charge is -2.31. The van der Waals surface area contributed by atoms with Crippen molar-refractivity contribution in [3.8, 4) is 0 Å². The van der Waals surface area contributed by atoms with Crippen LogP contribution in [0.4, 0.5) is 0 Å². The number of hydrogen-bond acceptors (Lipinski definition) is 3. The lowest BCUT2D eigenvalue weighted by molar-refractivity contribution is -0.148. The van der Waals surface area contributed by atoms with Crippen molar-refractivity contribution >= 4 is 5.97 Å².